The standard InChI is InChI=1S/C12H17BrFNO/c1-8(6-7-16-2)12(15)9-4-3-5-10(14)11(9)13/h3-5,8,12H,6-7,15H2,1-2H3. The summed E-state index contributed by atoms with van der Waals surface area (Å²) in [5.74, 6) is -0.0232. The number of benzene rings is 1. The summed E-state index contributed by atoms with van der Waals surface area (Å²) in [5, 5.41) is 0. The molecular formula is C12H17BrFNO. The number of methoxy groups -OCH3 is 1. The molecule has 2 N–H and O–H groups in total. The quantitative estimate of drug-likeness (QED) is 0.903. The van der Waals surface area contributed by atoms with Gasteiger partial charge in [0.1, 0.15) is 5.82 Å². The van der Waals surface area contributed by atoms with Crippen LogP contribution in [0, 0.1) is 11.7 Å². The van der Waals surface area contributed by atoms with E-state index in [1.165, 1.54) is 6.07 Å². The van der Waals surface area contributed by atoms with Crippen molar-refractivity contribution in [1.29, 1.82) is 0 Å². The monoisotopic (exact) mass is 289 g/mol. The molecule has 0 amide bonds. The minimum Gasteiger partial charge on any atom is -0.385 e. The molecule has 0 heterocycles. The van der Waals surface area contributed by atoms with Crippen molar-refractivity contribution in [1.82, 2.24) is 0 Å². The Bertz CT molecular complexity index is 346. The van der Waals surface area contributed by atoms with Crippen molar-refractivity contribution in [2.75, 3.05) is 13.7 Å². The molecule has 1 rings (SSSR count). The van der Waals surface area contributed by atoms with E-state index < -0.39 is 0 Å². The van der Waals surface area contributed by atoms with E-state index in [2.05, 4.69) is 15.9 Å². The first-order valence-corrected chi connectivity index (χ1v) is 6.05. The van der Waals surface area contributed by atoms with Gasteiger partial charge >= 0.3 is 0 Å². The summed E-state index contributed by atoms with van der Waals surface area (Å²) < 4.78 is 18.8. The number of ether oxygens (including phenoxy) is 1. The molecule has 0 saturated heterocycles. The molecule has 0 aliphatic rings. The summed E-state index contributed by atoms with van der Waals surface area (Å²) >= 11 is 3.23. The largest absolute Gasteiger partial charge is 0.385 e. The average Bonchev–Trinajstić information content (AvgIpc) is 2.28. The molecule has 16 heavy (non-hydrogen) atoms. The highest BCUT2D eigenvalue weighted by molar-refractivity contribution is 9.10. The van der Waals surface area contributed by atoms with Gasteiger partial charge in [-0.2, -0.15) is 0 Å². The summed E-state index contributed by atoms with van der Waals surface area (Å²) in [6.45, 7) is 2.71. The van der Waals surface area contributed by atoms with E-state index in [0.29, 0.717) is 11.1 Å². The molecule has 0 aliphatic heterocycles. The second-order valence-corrected chi connectivity index (χ2v) is 4.72. The lowest BCUT2D eigenvalue weighted by molar-refractivity contribution is 0.174. The number of halogens is 2. The third kappa shape index (κ3) is 3.27. The second kappa shape index (κ2) is 6.33. The van der Waals surface area contributed by atoms with Crippen molar-refractivity contribution in [2.45, 2.75) is 19.4 Å². The minimum absolute atomic E-state index is 0.180. The first-order valence-electron chi connectivity index (χ1n) is 5.26. The predicted octanol–water partition coefficient (Wildman–Crippen LogP) is 3.26. The molecule has 2 atom stereocenters. The highest BCUT2D eigenvalue weighted by atomic mass is 79.9. The third-order valence-electron chi connectivity index (χ3n) is 2.73. The van der Waals surface area contributed by atoms with E-state index in [0.717, 1.165) is 12.0 Å². The lowest BCUT2D eigenvalue weighted by Crippen LogP contribution is -2.21. The zero-order chi connectivity index (χ0) is 12.1. The first-order chi connectivity index (χ1) is 7.57. The van der Waals surface area contributed by atoms with Crippen molar-refractivity contribution < 1.29 is 9.13 Å². The van der Waals surface area contributed by atoms with Crippen LogP contribution >= 0.6 is 15.9 Å². The van der Waals surface area contributed by atoms with Gasteiger partial charge in [-0.05, 0) is 39.9 Å². The van der Waals surface area contributed by atoms with Gasteiger partial charge in [-0.25, -0.2) is 4.39 Å². The van der Waals surface area contributed by atoms with Crippen LogP contribution in [0.4, 0.5) is 4.39 Å². The minimum atomic E-state index is -0.271. The Labute approximate surface area is 104 Å². The normalized spacial score (nSPS) is 14.8. The van der Waals surface area contributed by atoms with Gasteiger partial charge in [0.15, 0.2) is 0 Å². The Kier molecular flexibility index (Phi) is 5.38. The number of nitrogens with two attached hydrogens (primary N) is 1. The van der Waals surface area contributed by atoms with Crippen LogP contribution in [0.5, 0.6) is 0 Å². The van der Waals surface area contributed by atoms with Gasteiger partial charge in [0.25, 0.3) is 0 Å². The van der Waals surface area contributed by atoms with Gasteiger partial charge in [-0.1, -0.05) is 19.1 Å². The molecule has 0 radical (unpaired) electrons. The zero-order valence-corrected chi connectivity index (χ0v) is 11.1. The van der Waals surface area contributed by atoms with Crippen LogP contribution in [-0.4, -0.2) is 13.7 Å². The molecule has 1 aromatic rings. The van der Waals surface area contributed by atoms with Crippen LogP contribution in [0.25, 0.3) is 0 Å². The summed E-state index contributed by atoms with van der Waals surface area (Å²) in [6.07, 6.45) is 0.862. The van der Waals surface area contributed by atoms with Crippen molar-refractivity contribution in [3.8, 4) is 0 Å². The number of rotatable bonds is 5. The fraction of sp³-hybridized carbons (Fsp3) is 0.500. The highest BCUT2D eigenvalue weighted by Gasteiger charge is 2.18. The van der Waals surface area contributed by atoms with E-state index in [4.69, 9.17) is 10.5 Å². The molecule has 1 aromatic carbocycles. The molecule has 2 unspecified atom stereocenters. The molecule has 4 heteroatoms. The van der Waals surface area contributed by atoms with Crippen molar-refractivity contribution in [2.24, 2.45) is 11.7 Å². The number of hydrogen-bond acceptors (Lipinski definition) is 2. The third-order valence-corrected chi connectivity index (χ3v) is 3.57. The van der Waals surface area contributed by atoms with Crippen LogP contribution < -0.4 is 5.73 Å². The maximum atomic E-state index is 13.3. The molecule has 0 aliphatic carbocycles. The van der Waals surface area contributed by atoms with Gasteiger partial charge < -0.3 is 10.5 Å². The number of hydrogen-bond donors (Lipinski definition) is 1. The Morgan fingerprint density at radius 3 is 2.81 bits per heavy atom. The Morgan fingerprint density at radius 2 is 2.19 bits per heavy atom. The van der Waals surface area contributed by atoms with Gasteiger partial charge in [0.05, 0.1) is 4.47 Å². The molecular weight excluding hydrogens is 273 g/mol. The van der Waals surface area contributed by atoms with E-state index >= 15 is 0 Å². The Morgan fingerprint density at radius 1 is 1.50 bits per heavy atom. The van der Waals surface area contributed by atoms with Crippen LogP contribution in [0.2, 0.25) is 0 Å². The summed E-state index contributed by atoms with van der Waals surface area (Å²) in [7, 11) is 1.66. The maximum absolute atomic E-state index is 13.3. The highest BCUT2D eigenvalue weighted by Crippen LogP contribution is 2.30. The lowest BCUT2D eigenvalue weighted by atomic mass is 9.93. The van der Waals surface area contributed by atoms with Gasteiger partial charge in [0.2, 0.25) is 0 Å². The SMILES string of the molecule is COCCC(C)C(N)c1cccc(F)c1Br. The van der Waals surface area contributed by atoms with Crippen LogP contribution in [0.3, 0.4) is 0 Å². The molecule has 0 aromatic heterocycles. The topological polar surface area (TPSA) is 35.2 Å². The van der Waals surface area contributed by atoms with E-state index in [1.54, 1.807) is 13.2 Å². The van der Waals surface area contributed by atoms with Crippen molar-refractivity contribution in [3.05, 3.63) is 34.1 Å². The fourth-order valence-electron chi connectivity index (χ4n) is 1.57. The first kappa shape index (κ1) is 13.6. The predicted molar refractivity (Wildman–Crippen MR) is 66.7 cm³/mol. The fourth-order valence-corrected chi connectivity index (χ4v) is 2.10. The molecule has 90 valence electrons. The van der Waals surface area contributed by atoms with Crippen LogP contribution in [-0.2, 0) is 4.74 Å². The van der Waals surface area contributed by atoms with Gasteiger partial charge in [-0.3, -0.25) is 0 Å². The lowest BCUT2D eigenvalue weighted by Gasteiger charge is -2.21. The average molecular weight is 290 g/mol. The van der Waals surface area contributed by atoms with Crippen LogP contribution in [0.15, 0.2) is 22.7 Å². The maximum Gasteiger partial charge on any atom is 0.137 e. The van der Waals surface area contributed by atoms with E-state index in [1.807, 2.05) is 13.0 Å². The summed E-state index contributed by atoms with van der Waals surface area (Å²) in [6, 6.07) is 4.76. The molecule has 0 bridgehead atoms. The molecule has 0 fully saturated rings. The van der Waals surface area contributed by atoms with Gasteiger partial charge in [-0.15, -0.1) is 0 Å². The second-order valence-electron chi connectivity index (χ2n) is 3.93. The van der Waals surface area contributed by atoms with Gasteiger partial charge in [0, 0.05) is 19.8 Å². The smallest absolute Gasteiger partial charge is 0.137 e. The summed E-state index contributed by atoms with van der Waals surface area (Å²) in [5.41, 5.74) is 6.91. The molecule has 0 spiro atoms. The van der Waals surface area contributed by atoms with Crippen molar-refractivity contribution in [3.63, 3.8) is 0 Å². The zero-order valence-electron chi connectivity index (χ0n) is 9.54. The van der Waals surface area contributed by atoms with E-state index in [9.17, 15) is 4.39 Å². The van der Waals surface area contributed by atoms with Crippen molar-refractivity contribution >= 4 is 15.9 Å². The van der Waals surface area contributed by atoms with Crippen LogP contribution in [0.1, 0.15) is 24.9 Å². The molecule has 0 saturated carbocycles. The summed E-state index contributed by atoms with van der Waals surface area (Å²) in [4.78, 5) is 0. The van der Waals surface area contributed by atoms with E-state index in [-0.39, 0.29) is 17.8 Å². The Balaban J connectivity index is 2.79. The Hall–Kier alpha value is -0.450. The molecule has 2 nitrogen and oxygen atoms in total.